The van der Waals surface area contributed by atoms with E-state index in [9.17, 15) is 9.70 Å². The van der Waals surface area contributed by atoms with Crippen molar-refractivity contribution in [2.75, 3.05) is 0 Å². The summed E-state index contributed by atoms with van der Waals surface area (Å²) >= 11 is 0. The van der Waals surface area contributed by atoms with Gasteiger partial charge < -0.3 is 9.84 Å². The smallest absolute Gasteiger partial charge is 0.344 e. The summed E-state index contributed by atoms with van der Waals surface area (Å²) in [5, 5.41) is 12.4. The van der Waals surface area contributed by atoms with E-state index in [0.29, 0.717) is 24.5 Å². The average molecular weight is 319 g/mol. The van der Waals surface area contributed by atoms with Crippen LogP contribution >= 0.6 is 0 Å². The van der Waals surface area contributed by atoms with Crippen molar-refractivity contribution in [3.8, 4) is 5.75 Å². The summed E-state index contributed by atoms with van der Waals surface area (Å²) in [4.78, 5) is 22.2. The molecule has 2 unspecified atom stereocenters. The molecule has 0 spiro atoms. The van der Waals surface area contributed by atoms with Gasteiger partial charge in [-0.2, -0.15) is 4.91 Å². The first kappa shape index (κ1) is 17.4. The van der Waals surface area contributed by atoms with E-state index in [2.05, 4.69) is 5.18 Å². The maximum absolute atomic E-state index is 11.2. The number of benzene rings is 1. The van der Waals surface area contributed by atoms with E-state index in [4.69, 9.17) is 9.84 Å². The number of ether oxygens (including phenoxy) is 1. The van der Waals surface area contributed by atoms with Gasteiger partial charge >= 0.3 is 5.97 Å². The molecule has 1 fully saturated rings. The summed E-state index contributed by atoms with van der Waals surface area (Å²) in [5.74, 6) is 0.0297. The third-order valence-electron chi connectivity index (χ3n) is 4.68. The lowest BCUT2D eigenvalue weighted by atomic mass is 9.92. The molecule has 126 valence electrons. The topological polar surface area (TPSA) is 76.0 Å². The molecule has 0 aliphatic heterocycles. The Bertz CT molecular complexity index is 552. The summed E-state index contributed by atoms with van der Waals surface area (Å²) in [6.07, 6.45) is 4.79. The number of aliphatic carboxylic acids is 1. The molecule has 1 aliphatic rings. The zero-order valence-corrected chi connectivity index (χ0v) is 13.8. The molecule has 0 aromatic heterocycles. The van der Waals surface area contributed by atoms with Crippen LogP contribution in [0.2, 0.25) is 0 Å². The van der Waals surface area contributed by atoms with Crippen molar-refractivity contribution in [3.63, 3.8) is 0 Å². The normalized spacial score (nSPS) is 17.7. The van der Waals surface area contributed by atoms with Crippen LogP contribution in [0.4, 0.5) is 0 Å². The third-order valence-corrected chi connectivity index (χ3v) is 4.68. The van der Waals surface area contributed by atoms with Gasteiger partial charge in [0.1, 0.15) is 5.75 Å². The van der Waals surface area contributed by atoms with E-state index < -0.39 is 12.1 Å². The Balaban J connectivity index is 2.05. The number of hydrogen-bond donors (Lipinski definition) is 1. The Morgan fingerprint density at radius 2 is 2.09 bits per heavy atom. The van der Waals surface area contributed by atoms with Crippen LogP contribution in [-0.4, -0.2) is 23.2 Å². The second-order valence-electron chi connectivity index (χ2n) is 6.37. The van der Waals surface area contributed by atoms with Gasteiger partial charge in [-0.25, -0.2) is 4.79 Å². The van der Waals surface area contributed by atoms with Crippen LogP contribution in [0, 0.1) is 17.7 Å². The first-order chi connectivity index (χ1) is 11.0. The number of carboxylic acid groups (broad SMARTS) is 1. The molecule has 2 rings (SSSR count). The predicted octanol–water partition coefficient (Wildman–Crippen LogP) is 4.10. The summed E-state index contributed by atoms with van der Waals surface area (Å²) in [5.41, 5.74) is 1.94. The van der Waals surface area contributed by atoms with E-state index in [-0.39, 0.29) is 6.04 Å². The van der Waals surface area contributed by atoms with Crippen LogP contribution in [0.15, 0.2) is 23.4 Å². The molecule has 5 heteroatoms. The van der Waals surface area contributed by atoms with Crippen molar-refractivity contribution in [2.45, 2.75) is 64.5 Å². The molecule has 5 nitrogen and oxygen atoms in total. The highest BCUT2D eigenvalue weighted by Crippen LogP contribution is 2.31. The monoisotopic (exact) mass is 319 g/mol. The largest absolute Gasteiger partial charge is 0.479 e. The molecular weight excluding hydrogens is 294 g/mol. The maximum atomic E-state index is 11.2. The summed E-state index contributed by atoms with van der Waals surface area (Å²) in [7, 11) is 0. The molecule has 1 saturated carbocycles. The lowest BCUT2D eigenvalue weighted by Crippen LogP contribution is -2.26. The van der Waals surface area contributed by atoms with E-state index >= 15 is 0 Å². The van der Waals surface area contributed by atoms with Crippen molar-refractivity contribution < 1.29 is 14.6 Å². The molecule has 0 bridgehead atoms. The van der Waals surface area contributed by atoms with E-state index in [1.54, 1.807) is 13.0 Å². The second-order valence-corrected chi connectivity index (χ2v) is 6.37. The minimum Gasteiger partial charge on any atom is -0.479 e. The van der Waals surface area contributed by atoms with Crippen LogP contribution < -0.4 is 4.74 Å². The quantitative estimate of drug-likeness (QED) is 0.732. The number of rotatable bonds is 8. The molecule has 23 heavy (non-hydrogen) atoms. The summed E-state index contributed by atoms with van der Waals surface area (Å²) < 4.78 is 5.56. The molecule has 1 aromatic carbocycles. The highest BCUT2D eigenvalue weighted by Gasteiger charge is 2.26. The Kier molecular flexibility index (Phi) is 6.13. The molecule has 0 heterocycles. The highest BCUT2D eigenvalue weighted by molar-refractivity contribution is 5.72. The highest BCUT2D eigenvalue weighted by atomic mass is 16.5. The first-order valence-electron chi connectivity index (χ1n) is 8.36. The van der Waals surface area contributed by atoms with Gasteiger partial charge in [0.05, 0.1) is 6.04 Å². The Labute approximate surface area is 137 Å². The Morgan fingerprint density at radius 3 is 2.61 bits per heavy atom. The maximum Gasteiger partial charge on any atom is 0.344 e. The average Bonchev–Trinajstić information content (AvgIpc) is 3.05. The molecule has 0 saturated heterocycles. The van der Waals surface area contributed by atoms with E-state index in [1.165, 1.54) is 12.8 Å². The molecule has 2 atom stereocenters. The molecule has 1 N–H and O–H groups in total. The molecule has 0 amide bonds. The van der Waals surface area contributed by atoms with E-state index in [1.807, 2.05) is 19.1 Å². The number of nitroso groups, excluding NO2 is 1. The minimum absolute atomic E-state index is 0.161. The van der Waals surface area contributed by atoms with Crippen molar-refractivity contribution in [1.82, 2.24) is 0 Å². The van der Waals surface area contributed by atoms with Gasteiger partial charge in [-0.05, 0) is 55.7 Å². The summed E-state index contributed by atoms with van der Waals surface area (Å²) in [6.45, 7) is 3.68. The van der Waals surface area contributed by atoms with Crippen molar-refractivity contribution >= 4 is 5.97 Å². The van der Waals surface area contributed by atoms with Crippen LogP contribution in [0.1, 0.15) is 50.2 Å². The molecule has 0 radical (unpaired) electrons. The van der Waals surface area contributed by atoms with Gasteiger partial charge in [0.15, 0.2) is 6.10 Å². The van der Waals surface area contributed by atoms with Crippen LogP contribution in [0.25, 0.3) is 0 Å². The van der Waals surface area contributed by atoms with Gasteiger partial charge in [0.25, 0.3) is 0 Å². The fourth-order valence-corrected chi connectivity index (χ4v) is 3.31. The third kappa shape index (κ3) is 4.53. The molecule has 1 aliphatic carbocycles. The summed E-state index contributed by atoms with van der Waals surface area (Å²) in [6, 6.07) is 5.51. The number of hydrogen-bond acceptors (Lipinski definition) is 4. The lowest BCUT2D eigenvalue weighted by Gasteiger charge is -2.18. The van der Waals surface area contributed by atoms with Gasteiger partial charge in [-0.1, -0.05) is 37.1 Å². The van der Waals surface area contributed by atoms with Gasteiger partial charge in [-0.3, -0.25) is 0 Å². The SMILES string of the molecule is CCC(Oc1ccc(CC(N=O)C2CCCC2)cc1C)C(=O)O. The van der Waals surface area contributed by atoms with Crippen molar-refractivity contribution in [1.29, 1.82) is 0 Å². The van der Waals surface area contributed by atoms with E-state index in [0.717, 1.165) is 24.0 Å². The number of carboxylic acids is 1. The fraction of sp³-hybridized carbons (Fsp3) is 0.611. The minimum atomic E-state index is -0.956. The lowest BCUT2D eigenvalue weighted by molar-refractivity contribution is -0.145. The first-order valence-corrected chi connectivity index (χ1v) is 8.36. The van der Waals surface area contributed by atoms with Gasteiger partial charge in [-0.15, -0.1) is 0 Å². The fourth-order valence-electron chi connectivity index (χ4n) is 3.31. The molecular formula is C18H25NO4. The second kappa shape index (κ2) is 8.09. The van der Waals surface area contributed by atoms with Crippen LogP contribution in [0.3, 0.4) is 0 Å². The number of aryl methyl sites for hydroxylation is 1. The number of carbonyl (C=O) groups is 1. The zero-order chi connectivity index (χ0) is 16.8. The van der Waals surface area contributed by atoms with Crippen LogP contribution in [0.5, 0.6) is 5.75 Å². The predicted molar refractivity (Wildman–Crippen MR) is 88.8 cm³/mol. The van der Waals surface area contributed by atoms with Gasteiger partial charge in [0, 0.05) is 0 Å². The Morgan fingerprint density at radius 1 is 1.39 bits per heavy atom. The van der Waals surface area contributed by atoms with Gasteiger partial charge in [0.2, 0.25) is 0 Å². The van der Waals surface area contributed by atoms with Crippen molar-refractivity contribution in [3.05, 3.63) is 34.2 Å². The standard InChI is InChI=1S/C18H25NO4/c1-3-16(18(20)21)23-17-9-8-13(10-12(17)2)11-15(19-22)14-6-4-5-7-14/h8-10,14-16H,3-7,11H2,1-2H3,(H,20,21). The van der Waals surface area contributed by atoms with Crippen LogP contribution in [-0.2, 0) is 11.2 Å². The zero-order valence-electron chi connectivity index (χ0n) is 13.8. The number of nitrogens with zero attached hydrogens (tertiary/aromatic N) is 1. The van der Waals surface area contributed by atoms with Crippen molar-refractivity contribution in [2.24, 2.45) is 11.1 Å². The molecule has 1 aromatic rings. The Hall–Kier alpha value is -1.91.